The van der Waals surface area contributed by atoms with Crippen LogP contribution in [-0.4, -0.2) is 44.7 Å². The lowest BCUT2D eigenvalue weighted by atomic mass is 10.2. The van der Waals surface area contributed by atoms with E-state index in [0.29, 0.717) is 37.6 Å². The van der Waals surface area contributed by atoms with Gasteiger partial charge in [0.1, 0.15) is 0 Å². The summed E-state index contributed by atoms with van der Waals surface area (Å²) < 4.78 is 33.9. The van der Waals surface area contributed by atoms with Crippen molar-refractivity contribution in [2.75, 3.05) is 35.9 Å². The number of hydrogen-bond donors (Lipinski definition) is 1. The van der Waals surface area contributed by atoms with Gasteiger partial charge in [-0.25, -0.2) is 18.4 Å². The fourth-order valence-electron chi connectivity index (χ4n) is 3.12. The molecule has 1 aliphatic heterocycles. The number of aryl methyl sites for hydroxylation is 2. The number of fused-ring (bicyclic) bond motifs is 1. The first-order valence-corrected chi connectivity index (χ1v) is 10.6. The van der Waals surface area contributed by atoms with E-state index in [1.807, 2.05) is 36.9 Å². The first kappa shape index (κ1) is 18.6. The molecule has 28 heavy (non-hydrogen) atoms. The summed E-state index contributed by atoms with van der Waals surface area (Å²) in [5, 5.41) is 0. The molecular formula is C20H22N4O3S. The predicted octanol–water partition coefficient (Wildman–Crippen LogP) is 2.88. The summed E-state index contributed by atoms with van der Waals surface area (Å²) in [6.07, 6.45) is 0. The van der Waals surface area contributed by atoms with E-state index in [0.717, 1.165) is 16.6 Å². The molecule has 8 heteroatoms. The fourth-order valence-corrected chi connectivity index (χ4v) is 4.13. The zero-order valence-electron chi connectivity index (χ0n) is 15.8. The van der Waals surface area contributed by atoms with Crippen molar-refractivity contribution in [3.05, 3.63) is 53.6 Å². The molecule has 0 bridgehead atoms. The second kappa shape index (κ2) is 7.37. The molecule has 1 N–H and O–H groups in total. The molecule has 0 saturated carbocycles. The van der Waals surface area contributed by atoms with E-state index in [4.69, 9.17) is 9.72 Å². The van der Waals surface area contributed by atoms with Gasteiger partial charge in [-0.05, 0) is 43.7 Å². The molecular weight excluding hydrogens is 376 g/mol. The number of nitrogens with zero attached hydrogens (tertiary/aromatic N) is 3. The summed E-state index contributed by atoms with van der Waals surface area (Å²) in [5.74, 6) is 0.760. The molecule has 0 aliphatic carbocycles. The Bertz CT molecular complexity index is 1110. The van der Waals surface area contributed by atoms with Crippen LogP contribution in [0.3, 0.4) is 0 Å². The van der Waals surface area contributed by atoms with Crippen molar-refractivity contribution in [2.24, 2.45) is 0 Å². The lowest BCUT2D eigenvalue weighted by Gasteiger charge is -2.29. The van der Waals surface area contributed by atoms with Crippen molar-refractivity contribution in [3.8, 4) is 0 Å². The molecule has 1 aromatic heterocycles. The molecule has 2 aromatic carbocycles. The first-order chi connectivity index (χ1) is 13.4. The molecule has 0 atom stereocenters. The molecule has 0 unspecified atom stereocenters. The van der Waals surface area contributed by atoms with E-state index in [9.17, 15) is 8.42 Å². The highest BCUT2D eigenvalue weighted by molar-refractivity contribution is 7.92. The van der Waals surface area contributed by atoms with Gasteiger partial charge < -0.3 is 9.64 Å². The van der Waals surface area contributed by atoms with Crippen LogP contribution in [0, 0.1) is 13.8 Å². The van der Waals surface area contributed by atoms with Crippen LogP contribution in [0.4, 0.5) is 11.6 Å². The number of rotatable bonds is 4. The molecule has 146 valence electrons. The highest BCUT2D eigenvalue weighted by Crippen LogP contribution is 2.28. The topological polar surface area (TPSA) is 84.4 Å². The highest BCUT2D eigenvalue weighted by atomic mass is 32.2. The van der Waals surface area contributed by atoms with Crippen LogP contribution in [0.25, 0.3) is 11.0 Å². The third kappa shape index (κ3) is 3.79. The summed E-state index contributed by atoms with van der Waals surface area (Å²) >= 11 is 0. The number of anilines is 2. The molecule has 1 fully saturated rings. The first-order valence-electron chi connectivity index (χ1n) is 9.13. The van der Waals surface area contributed by atoms with Gasteiger partial charge in [-0.3, -0.25) is 4.72 Å². The Morgan fingerprint density at radius 1 is 0.929 bits per heavy atom. The summed E-state index contributed by atoms with van der Waals surface area (Å²) in [6, 6.07) is 12.4. The van der Waals surface area contributed by atoms with Crippen molar-refractivity contribution in [1.82, 2.24) is 9.97 Å². The normalized spacial score (nSPS) is 15.0. The predicted molar refractivity (Wildman–Crippen MR) is 109 cm³/mol. The van der Waals surface area contributed by atoms with Gasteiger partial charge in [-0.15, -0.1) is 0 Å². The third-order valence-corrected chi connectivity index (χ3v) is 6.03. The van der Waals surface area contributed by atoms with Gasteiger partial charge in [0.15, 0.2) is 11.6 Å². The minimum atomic E-state index is -3.78. The van der Waals surface area contributed by atoms with Crippen molar-refractivity contribution in [2.45, 2.75) is 18.7 Å². The van der Waals surface area contributed by atoms with Crippen LogP contribution in [0.15, 0.2) is 47.4 Å². The van der Waals surface area contributed by atoms with E-state index in [-0.39, 0.29) is 10.7 Å². The number of morpholine rings is 1. The maximum atomic E-state index is 12.9. The van der Waals surface area contributed by atoms with Crippen molar-refractivity contribution in [1.29, 1.82) is 0 Å². The minimum absolute atomic E-state index is 0.192. The average Bonchev–Trinajstić information content (AvgIpc) is 2.68. The molecule has 3 aromatic rings. The quantitative estimate of drug-likeness (QED) is 0.727. The number of nitrogens with one attached hydrogen (secondary N) is 1. The second-order valence-electron chi connectivity index (χ2n) is 6.91. The fraction of sp³-hybridized carbons (Fsp3) is 0.300. The standard InChI is InChI=1S/C20H22N4O3S/c1-14-3-6-16(7-4-14)28(25,26)23-19-20(24-9-11-27-12-10-24)22-18-13-15(2)5-8-17(18)21-19/h3-8,13H,9-12H2,1-2H3,(H,21,23). The lowest BCUT2D eigenvalue weighted by Crippen LogP contribution is -2.37. The summed E-state index contributed by atoms with van der Waals surface area (Å²) in [4.78, 5) is 11.5. The summed E-state index contributed by atoms with van der Waals surface area (Å²) in [5.41, 5.74) is 3.44. The Labute approximate surface area is 164 Å². The van der Waals surface area contributed by atoms with Gasteiger partial charge in [-0.1, -0.05) is 23.8 Å². The Morgan fingerprint density at radius 2 is 1.61 bits per heavy atom. The second-order valence-corrected chi connectivity index (χ2v) is 8.59. The smallest absolute Gasteiger partial charge is 0.263 e. The number of ether oxygens (including phenoxy) is 1. The lowest BCUT2D eigenvalue weighted by molar-refractivity contribution is 0.122. The zero-order chi connectivity index (χ0) is 19.7. The van der Waals surface area contributed by atoms with Crippen molar-refractivity contribution >= 4 is 32.7 Å². The van der Waals surface area contributed by atoms with E-state index in [1.54, 1.807) is 24.3 Å². The number of sulfonamides is 1. The van der Waals surface area contributed by atoms with E-state index >= 15 is 0 Å². The van der Waals surface area contributed by atoms with E-state index in [1.165, 1.54) is 0 Å². The number of benzene rings is 2. The van der Waals surface area contributed by atoms with E-state index < -0.39 is 10.0 Å². The summed E-state index contributed by atoms with van der Waals surface area (Å²) in [7, 11) is -3.78. The van der Waals surface area contributed by atoms with Crippen LogP contribution in [0.2, 0.25) is 0 Å². The molecule has 1 saturated heterocycles. The van der Waals surface area contributed by atoms with Crippen LogP contribution in [0.1, 0.15) is 11.1 Å². The van der Waals surface area contributed by atoms with Crippen LogP contribution >= 0.6 is 0 Å². The van der Waals surface area contributed by atoms with Gasteiger partial charge in [0.05, 0.1) is 29.1 Å². The number of hydrogen-bond acceptors (Lipinski definition) is 6. The Morgan fingerprint density at radius 3 is 2.32 bits per heavy atom. The van der Waals surface area contributed by atoms with Crippen molar-refractivity contribution < 1.29 is 13.2 Å². The molecule has 7 nitrogen and oxygen atoms in total. The molecule has 1 aliphatic rings. The van der Waals surface area contributed by atoms with Crippen LogP contribution < -0.4 is 9.62 Å². The average molecular weight is 398 g/mol. The molecule has 0 spiro atoms. The van der Waals surface area contributed by atoms with Gasteiger partial charge in [0.2, 0.25) is 0 Å². The maximum absolute atomic E-state index is 12.9. The van der Waals surface area contributed by atoms with Gasteiger partial charge in [0, 0.05) is 13.1 Å². The Kier molecular flexibility index (Phi) is 4.91. The molecule has 4 rings (SSSR count). The largest absolute Gasteiger partial charge is 0.378 e. The monoisotopic (exact) mass is 398 g/mol. The Hall–Kier alpha value is -2.71. The molecule has 0 radical (unpaired) electrons. The van der Waals surface area contributed by atoms with Crippen molar-refractivity contribution in [3.63, 3.8) is 0 Å². The van der Waals surface area contributed by atoms with E-state index in [2.05, 4.69) is 9.71 Å². The zero-order valence-corrected chi connectivity index (χ0v) is 16.7. The minimum Gasteiger partial charge on any atom is -0.378 e. The summed E-state index contributed by atoms with van der Waals surface area (Å²) in [6.45, 7) is 6.30. The molecule has 2 heterocycles. The van der Waals surface area contributed by atoms with Gasteiger partial charge in [-0.2, -0.15) is 0 Å². The van der Waals surface area contributed by atoms with Crippen LogP contribution in [-0.2, 0) is 14.8 Å². The van der Waals surface area contributed by atoms with Gasteiger partial charge in [0.25, 0.3) is 10.0 Å². The van der Waals surface area contributed by atoms with Crippen LogP contribution in [0.5, 0.6) is 0 Å². The highest BCUT2D eigenvalue weighted by Gasteiger charge is 2.23. The molecule has 0 amide bonds. The Balaban J connectivity index is 1.79. The number of aromatic nitrogens is 2. The SMILES string of the molecule is Cc1ccc(S(=O)(=O)Nc2nc3ccc(C)cc3nc2N2CCOCC2)cc1. The maximum Gasteiger partial charge on any atom is 0.263 e. The third-order valence-electron chi connectivity index (χ3n) is 4.67. The van der Waals surface area contributed by atoms with Gasteiger partial charge >= 0.3 is 0 Å².